The van der Waals surface area contributed by atoms with Crippen LogP contribution in [0.15, 0.2) is 60.7 Å². The summed E-state index contributed by atoms with van der Waals surface area (Å²) < 4.78 is 0. The molecule has 2 aromatic rings. The number of amides is 3. The lowest BCUT2D eigenvalue weighted by Crippen LogP contribution is -2.38. The molecule has 26 heavy (non-hydrogen) atoms. The molecule has 2 N–H and O–H groups in total. The number of benzene rings is 2. The molecule has 1 heterocycles. The normalized spacial score (nSPS) is 16.4. The van der Waals surface area contributed by atoms with Crippen molar-refractivity contribution in [1.82, 2.24) is 10.6 Å². The van der Waals surface area contributed by atoms with E-state index in [0.717, 1.165) is 5.69 Å². The van der Waals surface area contributed by atoms with Gasteiger partial charge in [-0.15, -0.1) is 0 Å². The smallest absolute Gasteiger partial charge is 0.251 e. The zero-order valence-electron chi connectivity index (χ0n) is 14.4. The molecule has 1 atom stereocenters. The van der Waals surface area contributed by atoms with E-state index in [9.17, 15) is 14.4 Å². The van der Waals surface area contributed by atoms with Crippen molar-refractivity contribution < 1.29 is 14.4 Å². The Morgan fingerprint density at radius 1 is 0.923 bits per heavy atom. The number of hydrogen-bond donors (Lipinski definition) is 2. The SMILES string of the molecule is O=C(NCCNC(=O)[C@@H]1CC(=O)N(c2ccccc2)C1)c1ccccc1. The Balaban J connectivity index is 1.43. The highest BCUT2D eigenvalue weighted by atomic mass is 16.2. The van der Waals surface area contributed by atoms with Crippen LogP contribution in [-0.2, 0) is 9.59 Å². The van der Waals surface area contributed by atoms with E-state index < -0.39 is 0 Å². The third kappa shape index (κ3) is 4.27. The number of anilines is 1. The largest absolute Gasteiger partial charge is 0.354 e. The molecule has 0 unspecified atom stereocenters. The zero-order valence-corrected chi connectivity index (χ0v) is 14.4. The summed E-state index contributed by atoms with van der Waals surface area (Å²) in [6, 6.07) is 18.2. The van der Waals surface area contributed by atoms with Crippen molar-refractivity contribution in [1.29, 1.82) is 0 Å². The summed E-state index contributed by atoms with van der Waals surface area (Å²) in [6.07, 6.45) is 0.205. The van der Waals surface area contributed by atoms with E-state index in [-0.39, 0.29) is 30.1 Å². The molecule has 0 bridgehead atoms. The average Bonchev–Trinajstić information content (AvgIpc) is 3.08. The van der Waals surface area contributed by atoms with Crippen LogP contribution in [0.4, 0.5) is 5.69 Å². The number of nitrogens with one attached hydrogen (secondary N) is 2. The first-order chi connectivity index (χ1) is 12.6. The first kappa shape index (κ1) is 17.7. The van der Waals surface area contributed by atoms with Crippen molar-refractivity contribution in [2.45, 2.75) is 6.42 Å². The zero-order chi connectivity index (χ0) is 18.4. The van der Waals surface area contributed by atoms with Gasteiger partial charge in [0.15, 0.2) is 0 Å². The molecule has 0 aliphatic carbocycles. The number of carbonyl (C=O) groups excluding carboxylic acids is 3. The summed E-state index contributed by atoms with van der Waals surface area (Å²) in [5, 5.41) is 5.55. The molecule has 0 spiro atoms. The average molecular weight is 351 g/mol. The van der Waals surface area contributed by atoms with Crippen LogP contribution in [0.3, 0.4) is 0 Å². The van der Waals surface area contributed by atoms with Gasteiger partial charge in [-0.2, -0.15) is 0 Å². The van der Waals surface area contributed by atoms with Gasteiger partial charge in [-0.05, 0) is 24.3 Å². The minimum absolute atomic E-state index is 0.0475. The van der Waals surface area contributed by atoms with Gasteiger partial charge in [0.25, 0.3) is 5.91 Å². The lowest BCUT2D eigenvalue weighted by atomic mass is 10.1. The van der Waals surface area contributed by atoms with Crippen molar-refractivity contribution >= 4 is 23.4 Å². The number of carbonyl (C=O) groups is 3. The van der Waals surface area contributed by atoms with E-state index >= 15 is 0 Å². The molecule has 0 radical (unpaired) electrons. The van der Waals surface area contributed by atoms with Crippen LogP contribution in [-0.4, -0.2) is 37.4 Å². The van der Waals surface area contributed by atoms with Gasteiger partial charge in [0.1, 0.15) is 0 Å². The van der Waals surface area contributed by atoms with E-state index in [1.54, 1.807) is 29.2 Å². The number of nitrogens with zero attached hydrogens (tertiary/aromatic N) is 1. The van der Waals surface area contributed by atoms with Gasteiger partial charge in [0, 0.05) is 37.3 Å². The molecule has 6 nitrogen and oxygen atoms in total. The quantitative estimate of drug-likeness (QED) is 0.776. The lowest BCUT2D eigenvalue weighted by molar-refractivity contribution is -0.126. The summed E-state index contributed by atoms with van der Waals surface area (Å²) in [5.74, 6) is -0.752. The van der Waals surface area contributed by atoms with Gasteiger partial charge in [-0.1, -0.05) is 36.4 Å². The maximum atomic E-state index is 12.3. The molecule has 3 rings (SSSR count). The van der Waals surface area contributed by atoms with Gasteiger partial charge in [0.05, 0.1) is 5.92 Å². The summed E-state index contributed by atoms with van der Waals surface area (Å²) in [6.45, 7) is 1.04. The fourth-order valence-electron chi connectivity index (χ4n) is 2.94. The maximum Gasteiger partial charge on any atom is 0.251 e. The van der Waals surface area contributed by atoms with Crippen LogP contribution < -0.4 is 15.5 Å². The summed E-state index contributed by atoms with van der Waals surface area (Å²) >= 11 is 0. The molecule has 0 aromatic heterocycles. The molecular weight excluding hydrogens is 330 g/mol. The van der Waals surface area contributed by atoms with E-state index in [0.29, 0.717) is 25.2 Å². The van der Waals surface area contributed by atoms with Crippen LogP contribution in [0.2, 0.25) is 0 Å². The number of para-hydroxylation sites is 1. The van der Waals surface area contributed by atoms with Crippen molar-refractivity contribution in [2.24, 2.45) is 5.92 Å². The monoisotopic (exact) mass is 351 g/mol. The first-order valence-corrected chi connectivity index (χ1v) is 8.61. The van der Waals surface area contributed by atoms with E-state index in [1.807, 2.05) is 36.4 Å². The van der Waals surface area contributed by atoms with Crippen LogP contribution in [0.5, 0.6) is 0 Å². The minimum Gasteiger partial charge on any atom is -0.354 e. The lowest BCUT2D eigenvalue weighted by Gasteiger charge is -2.16. The molecule has 1 fully saturated rings. The molecule has 134 valence electrons. The van der Waals surface area contributed by atoms with Crippen LogP contribution >= 0.6 is 0 Å². The van der Waals surface area contributed by atoms with Gasteiger partial charge in [-0.3, -0.25) is 14.4 Å². The standard InChI is InChI=1S/C20H21N3O3/c24-18-13-16(14-23(18)17-9-5-2-6-10-17)20(26)22-12-11-21-19(25)15-7-3-1-4-8-15/h1-10,16H,11-14H2,(H,21,25)(H,22,26)/t16-/m1/s1. The minimum atomic E-state index is -0.368. The Kier molecular flexibility index (Phi) is 5.63. The van der Waals surface area contributed by atoms with Gasteiger partial charge < -0.3 is 15.5 Å². The van der Waals surface area contributed by atoms with Gasteiger partial charge >= 0.3 is 0 Å². The molecular formula is C20H21N3O3. The Morgan fingerprint density at radius 3 is 2.23 bits per heavy atom. The molecule has 1 saturated heterocycles. The fraction of sp³-hybridized carbons (Fsp3) is 0.250. The second kappa shape index (κ2) is 8.29. The second-order valence-electron chi connectivity index (χ2n) is 6.15. The van der Waals surface area contributed by atoms with Crippen LogP contribution in [0, 0.1) is 5.92 Å². The van der Waals surface area contributed by atoms with E-state index in [1.165, 1.54) is 0 Å². The van der Waals surface area contributed by atoms with Crippen LogP contribution in [0.1, 0.15) is 16.8 Å². The third-order valence-electron chi connectivity index (χ3n) is 4.31. The molecule has 6 heteroatoms. The van der Waals surface area contributed by atoms with Crippen molar-refractivity contribution in [3.8, 4) is 0 Å². The predicted octanol–water partition coefficient (Wildman–Crippen LogP) is 1.59. The Morgan fingerprint density at radius 2 is 1.54 bits per heavy atom. The Hall–Kier alpha value is -3.15. The van der Waals surface area contributed by atoms with E-state index in [2.05, 4.69) is 10.6 Å². The molecule has 2 aromatic carbocycles. The van der Waals surface area contributed by atoms with E-state index in [4.69, 9.17) is 0 Å². The highest BCUT2D eigenvalue weighted by molar-refractivity contribution is 6.00. The van der Waals surface area contributed by atoms with Crippen LogP contribution in [0.25, 0.3) is 0 Å². The summed E-state index contributed by atoms with van der Waals surface area (Å²) in [4.78, 5) is 38.0. The Labute approximate surface area is 152 Å². The van der Waals surface area contributed by atoms with Crippen molar-refractivity contribution in [3.05, 3.63) is 66.2 Å². The molecule has 3 amide bonds. The van der Waals surface area contributed by atoms with Crippen molar-refractivity contribution in [2.75, 3.05) is 24.5 Å². The summed E-state index contributed by atoms with van der Waals surface area (Å²) in [5.41, 5.74) is 1.39. The van der Waals surface area contributed by atoms with Crippen molar-refractivity contribution in [3.63, 3.8) is 0 Å². The Bertz CT molecular complexity index is 777. The maximum absolute atomic E-state index is 12.3. The highest BCUT2D eigenvalue weighted by Crippen LogP contribution is 2.24. The fourth-order valence-corrected chi connectivity index (χ4v) is 2.94. The topological polar surface area (TPSA) is 78.5 Å². The highest BCUT2D eigenvalue weighted by Gasteiger charge is 2.34. The number of rotatable bonds is 6. The second-order valence-corrected chi connectivity index (χ2v) is 6.15. The molecule has 1 aliphatic heterocycles. The number of hydrogen-bond acceptors (Lipinski definition) is 3. The van der Waals surface area contributed by atoms with Gasteiger partial charge in [-0.25, -0.2) is 0 Å². The first-order valence-electron chi connectivity index (χ1n) is 8.61. The van der Waals surface area contributed by atoms with Gasteiger partial charge in [0.2, 0.25) is 11.8 Å². The molecule has 1 aliphatic rings. The predicted molar refractivity (Wildman–Crippen MR) is 98.7 cm³/mol. The summed E-state index contributed by atoms with van der Waals surface area (Å²) in [7, 11) is 0. The third-order valence-corrected chi connectivity index (χ3v) is 4.31. The molecule has 0 saturated carbocycles.